The lowest BCUT2D eigenvalue weighted by Gasteiger charge is -2.21. The van der Waals surface area contributed by atoms with Crippen molar-refractivity contribution < 1.29 is 19.4 Å². The second kappa shape index (κ2) is 8.52. The number of benzene rings is 1. The molecule has 1 amide bonds. The number of methoxy groups -OCH3 is 2. The summed E-state index contributed by atoms with van der Waals surface area (Å²) in [5.41, 5.74) is 0.697. The van der Waals surface area contributed by atoms with Gasteiger partial charge in [0.15, 0.2) is 11.5 Å². The van der Waals surface area contributed by atoms with Crippen molar-refractivity contribution in [3.63, 3.8) is 0 Å². The fraction of sp³-hybridized carbons (Fsp3) is 0.562. The van der Waals surface area contributed by atoms with Crippen molar-refractivity contribution in [1.29, 1.82) is 0 Å². The minimum atomic E-state index is -0.750. The van der Waals surface area contributed by atoms with Crippen LogP contribution in [-0.2, 0) is 4.79 Å². The Morgan fingerprint density at radius 1 is 1.29 bits per heavy atom. The number of aliphatic hydroxyl groups is 1. The van der Waals surface area contributed by atoms with E-state index in [9.17, 15) is 9.90 Å². The average Bonchev–Trinajstić information content (AvgIpc) is 2.51. The lowest BCUT2D eigenvalue weighted by atomic mass is 10.1. The molecule has 0 saturated carbocycles. The van der Waals surface area contributed by atoms with Gasteiger partial charge in [0.25, 0.3) is 0 Å². The number of hydrogen-bond donors (Lipinski definition) is 1. The van der Waals surface area contributed by atoms with Crippen LogP contribution in [0.1, 0.15) is 37.9 Å². The van der Waals surface area contributed by atoms with E-state index >= 15 is 0 Å². The molecule has 1 unspecified atom stereocenters. The standard InChI is InChI=1S/C16H25NO4/c1-5-6-7-16(19)17(2)11-13(18)12-8-9-14(20-3)15(10-12)21-4/h8-10,13,18H,5-7,11H2,1-4H3. The summed E-state index contributed by atoms with van der Waals surface area (Å²) in [6.07, 6.45) is 1.62. The molecule has 5 heteroatoms. The molecule has 0 spiro atoms. The summed E-state index contributed by atoms with van der Waals surface area (Å²) in [6, 6.07) is 5.25. The molecule has 0 aliphatic heterocycles. The SMILES string of the molecule is CCCCC(=O)N(C)CC(O)c1ccc(OC)c(OC)c1. The molecule has 0 aromatic heterocycles. The quantitative estimate of drug-likeness (QED) is 0.800. The van der Waals surface area contributed by atoms with E-state index in [0.717, 1.165) is 12.8 Å². The van der Waals surface area contributed by atoms with E-state index in [1.165, 1.54) is 0 Å². The van der Waals surface area contributed by atoms with Crippen molar-refractivity contribution in [1.82, 2.24) is 4.90 Å². The van der Waals surface area contributed by atoms with Crippen LogP contribution in [0.2, 0.25) is 0 Å². The number of ether oxygens (including phenoxy) is 2. The Bertz CT molecular complexity index is 462. The largest absolute Gasteiger partial charge is 0.493 e. The van der Waals surface area contributed by atoms with Gasteiger partial charge < -0.3 is 19.5 Å². The van der Waals surface area contributed by atoms with Gasteiger partial charge in [-0.3, -0.25) is 4.79 Å². The Labute approximate surface area is 126 Å². The number of aliphatic hydroxyl groups excluding tert-OH is 1. The number of carbonyl (C=O) groups is 1. The fourth-order valence-electron chi connectivity index (χ4n) is 2.05. The van der Waals surface area contributed by atoms with E-state index in [4.69, 9.17) is 9.47 Å². The van der Waals surface area contributed by atoms with Gasteiger partial charge in [-0.2, -0.15) is 0 Å². The van der Waals surface area contributed by atoms with Gasteiger partial charge >= 0.3 is 0 Å². The van der Waals surface area contributed by atoms with Crippen LogP contribution >= 0.6 is 0 Å². The number of nitrogens with zero attached hydrogens (tertiary/aromatic N) is 1. The molecular formula is C16H25NO4. The molecule has 5 nitrogen and oxygen atoms in total. The highest BCUT2D eigenvalue weighted by molar-refractivity contribution is 5.75. The van der Waals surface area contributed by atoms with Gasteiger partial charge in [0, 0.05) is 13.5 Å². The molecule has 0 heterocycles. The first-order valence-electron chi connectivity index (χ1n) is 7.17. The molecule has 1 atom stereocenters. The van der Waals surface area contributed by atoms with Gasteiger partial charge in [-0.05, 0) is 24.1 Å². The van der Waals surface area contributed by atoms with Gasteiger partial charge in [-0.15, -0.1) is 0 Å². The second-order valence-corrected chi connectivity index (χ2v) is 5.01. The third-order valence-electron chi connectivity index (χ3n) is 3.41. The van der Waals surface area contributed by atoms with Crippen molar-refractivity contribution in [2.75, 3.05) is 27.8 Å². The highest BCUT2D eigenvalue weighted by atomic mass is 16.5. The zero-order chi connectivity index (χ0) is 15.8. The van der Waals surface area contributed by atoms with Crippen LogP contribution in [0, 0.1) is 0 Å². The first-order chi connectivity index (χ1) is 10.0. The minimum Gasteiger partial charge on any atom is -0.493 e. The second-order valence-electron chi connectivity index (χ2n) is 5.01. The number of likely N-dealkylation sites (N-methyl/N-ethyl adjacent to an activating group) is 1. The van der Waals surface area contributed by atoms with E-state index in [1.54, 1.807) is 44.4 Å². The van der Waals surface area contributed by atoms with Gasteiger partial charge in [-0.25, -0.2) is 0 Å². The summed E-state index contributed by atoms with van der Waals surface area (Å²) < 4.78 is 10.4. The fourth-order valence-corrected chi connectivity index (χ4v) is 2.05. The monoisotopic (exact) mass is 295 g/mol. The first kappa shape index (κ1) is 17.3. The lowest BCUT2D eigenvalue weighted by molar-refractivity contribution is -0.131. The lowest BCUT2D eigenvalue weighted by Crippen LogP contribution is -2.30. The van der Waals surface area contributed by atoms with Crippen LogP contribution in [0.5, 0.6) is 11.5 Å². The molecule has 0 saturated heterocycles. The summed E-state index contributed by atoms with van der Waals surface area (Å²) >= 11 is 0. The number of hydrogen-bond acceptors (Lipinski definition) is 4. The molecule has 21 heavy (non-hydrogen) atoms. The van der Waals surface area contributed by atoms with E-state index < -0.39 is 6.10 Å². The molecule has 1 rings (SSSR count). The van der Waals surface area contributed by atoms with Crippen LogP contribution in [0.3, 0.4) is 0 Å². The number of amides is 1. The normalized spacial score (nSPS) is 11.9. The summed E-state index contributed by atoms with van der Waals surface area (Å²) in [6.45, 7) is 2.31. The maximum Gasteiger partial charge on any atom is 0.222 e. The Kier molecular flexibility index (Phi) is 7.02. The summed E-state index contributed by atoms with van der Waals surface area (Å²) in [5.74, 6) is 1.23. The minimum absolute atomic E-state index is 0.0522. The maximum absolute atomic E-state index is 11.9. The van der Waals surface area contributed by atoms with Gasteiger partial charge in [0.2, 0.25) is 5.91 Å². The summed E-state index contributed by atoms with van der Waals surface area (Å²) in [5, 5.41) is 10.3. The summed E-state index contributed by atoms with van der Waals surface area (Å²) in [7, 11) is 4.82. The molecular weight excluding hydrogens is 270 g/mol. The molecule has 0 bridgehead atoms. The van der Waals surface area contributed by atoms with Crippen molar-refractivity contribution in [2.45, 2.75) is 32.3 Å². The van der Waals surface area contributed by atoms with E-state index in [0.29, 0.717) is 23.5 Å². The molecule has 0 radical (unpaired) electrons. The van der Waals surface area contributed by atoms with Crippen LogP contribution in [0.4, 0.5) is 0 Å². The van der Waals surface area contributed by atoms with Crippen LogP contribution in [-0.4, -0.2) is 43.7 Å². The van der Waals surface area contributed by atoms with Gasteiger partial charge in [0.1, 0.15) is 0 Å². The Morgan fingerprint density at radius 3 is 2.52 bits per heavy atom. The van der Waals surface area contributed by atoms with Gasteiger partial charge in [0.05, 0.1) is 26.9 Å². The predicted octanol–water partition coefficient (Wildman–Crippen LogP) is 2.39. The Hall–Kier alpha value is -1.75. The smallest absolute Gasteiger partial charge is 0.222 e. The molecule has 0 fully saturated rings. The third kappa shape index (κ3) is 4.93. The number of rotatable bonds is 8. The molecule has 0 aliphatic rings. The van der Waals surface area contributed by atoms with E-state index in [2.05, 4.69) is 0 Å². The summed E-state index contributed by atoms with van der Waals surface area (Å²) in [4.78, 5) is 13.4. The van der Waals surface area contributed by atoms with E-state index in [-0.39, 0.29) is 12.5 Å². The molecule has 1 aromatic carbocycles. The molecule has 1 N–H and O–H groups in total. The number of carbonyl (C=O) groups excluding carboxylic acids is 1. The highest BCUT2D eigenvalue weighted by Gasteiger charge is 2.16. The number of unbranched alkanes of at least 4 members (excludes halogenated alkanes) is 1. The van der Waals surface area contributed by atoms with E-state index in [1.807, 2.05) is 6.92 Å². The van der Waals surface area contributed by atoms with Crippen LogP contribution in [0.15, 0.2) is 18.2 Å². The Balaban J connectivity index is 2.70. The van der Waals surface area contributed by atoms with Crippen molar-refractivity contribution in [3.05, 3.63) is 23.8 Å². The molecule has 1 aromatic rings. The highest BCUT2D eigenvalue weighted by Crippen LogP contribution is 2.30. The zero-order valence-corrected chi connectivity index (χ0v) is 13.3. The maximum atomic E-state index is 11.9. The first-order valence-corrected chi connectivity index (χ1v) is 7.17. The van der Waals surface area contributed by atoms with Crippen molar-refractivity contribution in [2.24, 2.45) is 0 Å². The van der Waals surface area contributed by atoms with Crippen LogP contribution in [0.25, 0.3) is 0 Å². The van der Waals surface area contributed by atoms with Crippen molar-refractivity contribution >= 4 is 5.91 Å². The Morgan fingerprint density at radius 2 is 1.95 bits per heavy atom. The van der Waals surface area contributed by atoms with Crippen molar-refractivity contribution in [3.8, 4) is 11.5 Å². The topological polar surface area (TPSA) is 59.0 Å². The zero-order valence-electron chi connectivity index (χ0n) is 13.3. The third-order valence-corrected chi connectivity index (χ3v) is 3.41. The van der Waals surface area contributed by atoms with Crippen LogP contribution < -0.4 is 9.47 Å². The van der Waals surface area contributed by atoms with Gasteiger partial charge in [-0.1, -0.05) is 19.4 Å². The predicted molar refractivity (Wildman–Crippen MR) is 81.7 cm³/mol. The molecule has 0 aliphatic carbocycles. The average molecular weight is 295 g/mol. The molecule has 118 valence electrons.